The van der Waals surface area contributed by atoms with Gasteiger partial charge in [0.15, 0.2) is 0 Å². The molecule has 25 heavy (non-hydrogen) atoms. The molecule has 0 amide bonds. The zero-order chi connectivity index (χ0) is 18.0. The third kappa shape index (κ3) is 3.90. The van der Waals surface area contributed by atoms with E-state index in [0.717, 1.165) is 36.8 Å². The number of nitrogens with zero attached hydrogens (tertiary/aromatic N) is 5. The molecule has 1 aromatic heterocycles. The lowest BCUT2D eigenvalue weighted by Gasteiger charge is -2.27. The first-order valence-electron chi connectivity index (χ1n) is 8.60. The first-order chi connectivity index (χ1) is 11.9. The molecule has 2 heterocycles. The summed E-state index contributed by atoms with van der Waals surface area (Å²) in [5, 5.41) is 9.43. The van der Waals surface area contributed by atoms with Gasteiger partial charge in [-0.3, -0.25) is 0 Å². The van der Waals surface area contributed by atoms with Crippen molar-refractivity contribution >= 4 is 17.5 Å². The van der Waals surface area contributed by atoms with Crippen LogP contribution in [0.1, 0.15) is 37.6 Å². The average molecular weight is 339 g/mol. The normalized spacial score (nSPS) is 14.6. The van der Waals surface area contributed by atoms with Crippen LogP contribution in [0.4, 0.5) is 11.9 Å². The maximum atomic E-state index is 9.43. The number of anilines is 2. The number of benzene rings is 1. The SMILES string of the molecule is CC(C)c1nc(N(C)C)nc(N2CC=C(c3ccc(O)cc3)CC2)n1. The van der Waals surface area contributed by atoms with Gasteiger partial charge in [0.05, 0.1) is 0 Å². The summed E-state index contributed by atoms with van der Waals surface area (Å²) >= 11 is 0. The Morgan fingerprint density at radius 3 is 2.36 bits per heavy atom. The average Bonchev–Trinajstić information content (AvgIpc) is 2.62. The molecular weight excluding hydrogens is 314 g/mol. The van der Waals surface area contributed by atoms with E-state index in [2.05, 4.69) is 39.8 Å². The van der Waals surface area contributed by atoms with Crippen LogP contribution in [0.2, 0.25) is 0 Å². The molecule has 3 rings (SSSR count). The largest absolute Gasteiger partial charge is 0.508 e. The van der Waals surface area contributed by atoms with Crippen LogP contribution in [-0.2, 0) is 0 Å². The summed E-state index contributed by atoms with van der Waals surface area (Å²) in [5.41, 5.74) is 2.45. The fraction of sp³-hybridized carbons (Fsp3) is 0.421. The van der Waals surface area contributed by atoms with Crippen molar-refractivity contribution in [1.82, 2.24) is 15.0 Å². The highest BCUT2D eigenvalue weighted by atomic mass is 16.3. The molecular formula is C19H25N5O. The molecule has 0 saturated carbocycles. The Bertz CT molecular complexity index is 742. The molecule has 0 bridgehead atoms. The van der Waals surface area contributed by atoms with E-state index in [0.29, 0.717) is 11.7 Å². The van der Waals surface area contributed by atoms with Crippen molar-refractivity contribution in [3.63, 3.8) is 0 Å². The van der Waals surface area contributed by atoms with Gasteiger partial charge in [0.1, 0.15) is 11.6 Å². The van der Waals surface area contributed by atoms with Crippen molar-refractivity contribution < 1.29 is 5.11 Å². The van der Waals surface area contributed by atoms with Crippen LogP contribution < -0.4 is 9.80 Å². The van der Waals surface area contributed by atoms with Crippen molar-refractivity contribution in [3.8, 4) is 5.75 Å². The first-order valence-corrected chi connectivity index (χ1v) is 8.60. The molecule has 1 aliphatic heterocycles. The number of hydrogen-bond acceptors (Lipinski definition) is 6. The molecule has 6 heteroatoms. The second-order valence-corrected chi connectivity index (χ2v) is 6.81. The standard InChI is InChI=1S/C19H25N5O/c1-13(2)17-20-18(23(3)4)22-19(21-17)24-11-9-15(10-12-24)14-5-7-16(25)8-6-14/h5-9,13,25H,10-12H2,1-4H3. The summed E-state index contributed by atoms with van der Waals surface area (Å²) in [6.45, 7) is 5.82. The van der Waals surface area contributed by atoms with Crippen molar-refractivity contribution in [3.05, 3.63) is 41.7 Å². The lowest BCUT2D eigenvalue weighted by molar-refractivity contribution is 0.475. The van der Waals surface area contributed by atoms with E-state index < -0.39 is 0 Å². The van der Waals surface area contributed by atoms with E-state index in [1.54, 1.807) is 12.1 Å². The van der Waals surface area contributed by atoms with Gasteiger partial charge in [-0.1, -0.05) is 32.1 Å². The number of rotatable bonds is 4. The van der Waals surface area contributed by atoms with E-state index in [-0.39, 0.29) is 5.92 Å². The van der Waals surface area contributed by atoms with Gasteiger partial charge in [0, 0.05) is 33.1 Å². The molecule has 1 aliphatic rings. The van der Waals surface area contributed by atoms with Gasteiger partial charge in [0.25, 0.3) is 0 Å². The molecule has 0 spiro atoms. The number of aromatic hydroxyl groups is 1. The van der Waals surface area contributed by atoms with Crippen LogP contribution in [0, 0.1) is 0 Å². The quantitative estimate of drug-likeness (QED) is 0.923. The maximum absolute atomic E-state index is 9.43. The molecule has 132 valence electrons. The van der Waals surface area contributed by atoms with Crippen LogP contribution in [0.15, 0.2) is 30.3 Å². The summed E-state index contributed by atoms with van der Waals surface area (Å²) in [7, 11) is 3.89. The molecule has 2 aromatic rings. The Kier molecular flexibility index (Phi) is 4.88. The minimum absolute atomic E-state index is 0.258. The van der Waals surface area contributed by atoms with Crippen molar-refractivity contribution in [2.45, 2.75) is 26.2 Å². The molecule has 1 N–H and O–H groups in total. The predicted octanol–water partition coefficient (Wildman–Crippen LogP) is 3.06. The molecule has 0 atom stereocenters. The second-order valence-electron chi connectivity index (χ2n) is 6.81. The van der Waals surface area contributed by atoms with Crippen LogP contribution in [0.3, 0.4) is 0 Å². The number of phenols is 1. The molecule has 0 unspecified atom stereocenters. The van der Waals surface area contributed by atoms with Crippen LogP contribution >= 0.6 is 0 Å². The summed E-state index contributed by atoms with van der Waals surface area (Å²) < 4.78 is 0. The van der Waals surface area contributed by atoms with Gasteiger partial charge < -0.3 is 14.9 Å². The summed E-state index contributed by atoms with van der Waals surface area (Å²) in [4.78, 5) is 17.9. The predicted molar refractivity (Wildman–Crippen MR) is 101 cm³/mol. The highest BCUT2D eigenvalue weighted by Crippen LogP contribution is 2.26. The van der Waals surface area contributed by atoms with Crippen molar-refractivity contribution in [1.29, 1.82) is 0 Å². The summed E-state index contributed by atoms with van der Waals surface area (Å²) in [6, 6.07) is 7.38. The van der Waals surface area contributed by atoms with E-state index in [9.17, 15) is 5.11 Å². The molecule has 0 saturated heterocycles. The van der Waals surface area contributed by atoms with Crippen molar-refractivity contribution in [2.24, 2.45) is 0 Å². The highest BCUT2D eigenvalue weighted by molar-refractivity contribution is 5.68. The molecule has 0 aliphatic carbocycles. The van der Waals surface area contributed by atoms with Gasteiger partial charge in [-0.05, 0) is 29.7 Å². The van der Waals surface area contributed by atoms with Crippen LogP contribution in [0.5, 0.6) is 5.75 Å². The molecule has 1 aromatic carbocycles. The Labute approximate surface area is 148 Å². The minimum Gasteiger partial charge on any atom is -0.508 e. The minimum atomic E-state index is 0.258. The second kappa shape index (κ2) is 7.09. The van der Waals surface area contributed by atoms with Gasteiger partial charge in [0.2, 0.25) is 11.9 Å². The Morgan fingerprint density at radius 2 is 1.80 bits per heavy atom. The van der Waals surface area contributed by atoms with Gasteiger partial charge in [-0.15, -0.1) is 0 Å². The smallest absolute Gasteiger partial charge is 0.230 e. The zero-order valence-corrected chi connectivity index (χ0v) is 15.3. The van der Waals surface area contributed by atoms with Gasteiger partial charge in [-0.2, -0.15) is 15.0 Å². The topological polar surface area (TPSA) is 65.4 Å². The molecule has 0 fully saturated rings. The lowest BCUT2D eigenvalue weighted by Crippen LogP contribution is -2.31. The number of aromatic nitrogens is 3. The van der Waals surface area contributed by atoms with Crippen LogP contribution in [0.25, 0.3) is 5.57 Å². The van der Waals surface area contributed by atoms with E-state index in [1.807, 2.05) is 31.1 Å². The monoisotopic (exact) mass is 339 g/mol. The third-order valence-electron chi connectivity index (χ3n) is 4.28. The third-order valence-corrected chi connectivity index (χ3v) is 4.28. The molecule has 0 radical (unpaired) electrons. The Balaban J connectivity index is 1.83. The zero-order valence-electron chi connectivity index (χ0n) is 15.3. The molecule has 6 nitrogen and oxygen atoms in total. The Morgan fingerprint density at radius 1 is 1.08 bits per heavy atom. The van der Waals surface area contributed by atoms with Crippen molar-refractivity contribution in [2.75, 3.05) is 37.0 Å². The summed E-state index contributed by atoms with van der Waals surface area (Å²) in [6.07, 6.45) is 3.13. The lowest BCUT2D eigenvalue weighted by atomic mass is 9.99. The summed E-state index contributed by atoms with van der Waals surface area (Å²) in [5.74, 6) is 2.81. The highest BCUT2D eigenvalue weighted by Gasteiger charge is 2.19. The first kappa shape index (κ1) is 17.2. The van der Waals surface area contributed by atoms with E-state index in [4.69, 9.17) is 0 Å². The fourth-order valence-corrected chi connectivity index (χ4v) is 2.76. The van der Waals surface area contributed by atoms with E-state index >= 15 is 0 Å². The van der Waals surface area contributed by atoms with Gasteiger partial charge in [-0.25, -0.2) is 0 Å². The van der Waals surface area contributed by atoms with E-state index in [1.165, 1.54) is 5.57 Å². The van der Waals surface area contributed by atoms with Gasteiger partial charge >= 0.3 is 0 Å². The number of phenolic OH excluding ortho intramolecular Hbond substituents is 1. The van der Waals surface area contributed by atoms with Crippen LogP contribution in [-0.4, -0.2) is 47.2 Å². The maximum Gasteiger partial charge on any atom is 0.230 e. The number of hydrogen-bond donors (Lipinski definition) is 1. The fourth-order valence-electron chi connectivity index (χ4n) is 2.76. The Hall–Kier alpha value is -2.63.